The van der Waals surface area contributed by atoms with E-state index < -0.39 is 38.5 Å². The lowest BCUT2D eigenvalue weighted by Crippen LogP contribution is -2.52. The number of halogens is 2. The van der Waals surface area contributed by atoms with E-state index in [2.05, 4.69) is 9.57 Å². The molecule has 162 valence electrons. The molecule has 0 aromatic heterocycles. The number of amides is 1. The van der Waals surface area contributed by atoms with Gasteiger partial charge in [-0.3, -0.25) is 4.79 Å². The van der Waals surface area contributed by atoms with Crippen molar-refractivity contribution in [3.8, 4) is 0 Å². The summed E-state index contributed by atoms with van der Waals surface area (Å²) in [6.45, 7) is 7.43. The topological polar surface area (TPSA) is 70.8 Å². The van der Waals surface area contributed by atoms with Gasteiger partial charge in [-0.2, -0.15) is 4.72 Å². The summed E-state index contributed by atoms with van der Waals surface area (Å²) in [7, 11) is -4.39. The summed E-state index contributed by atoms with van der Waals surface area (Å²) in [4.78, 5) is 17.5. The molecule has 6 nitrogen and oxygen atoms in total. The molecular formula is C23H17F2N3O3S. The van der Waals surface area contributed by atoms with Crippen molar-refractivity contribution in [2.24, 2.45) is 0 Å². The average molecular weight is 453 g/mol. The second-order valence-corrected chi connectivity index (χ2v) is 9.03. The van der Waals surface area contributed by atoms with Crippen LogP contribution in [0.5, 0.6) is 0 Å². The Morgan fingerprint density at radius 3 is 2.38 bits per heavy atom. The zero-order valence-electron chi connectivity index (χ0n) is 16.6. The Morgan fingerprint density at radius 1 is 1.03 bits per heavy atom. The van der Waals surface area contributed by atoms with Crippen LogP contribution >= 0.6 is 0 Å². The molecule has 0 spiro atoms. The molecule has 9 heteroatoms. The molecule has 0 fully saturated rings. The van der Waals surface area contributed by atoms with Crippen molar-refractivity contribution in [3.63, 3.8) is 0 Å². The van der Waals surface area contributed by atoms with Crippen LogP contribution in [0.2, 0.25) is 0 Å². The van der Waals surface area contributed by atoms with Crippen LogP contribution in [-0.4, -0.2) is 20.4 Å². The third-order valence-electron chi connectivity index (χ3n) is 5.10. The Bertz CT molecular complexity index is 1320. The van der Waals surface area contributed by atoms with E-state index in [1.54, 1.807) is 18.2 Å². The lowest BCUT2D eigenvalue weighted by molar-refractivity contribution is -0.120. The first-order valence-electron chi connectivity index (χ1n) is 9.61. The van der Waals surface area contributed by atoms with Gasteiger partial charge in [-0.05, 0) is 35.7 Å². The minimum Gasteiger partial charge on any atom is -0.306 e. The van der Waals surface area contributed by atoms with Gasteiger partial charge in [-0.1, -0.05) is 42.5 Å². The molecule has 1 atom stereocenters. The highest BCUT2D eigenvalue weighted by Crippen LogP contribution is 2.33. The van der Waals surface area contributed by atoms with Crippen LogP contribution in [0.1, 0.15) is 11.1 Å². The van der Waals surface area contributed by atoms with Gasteiger partial charge in [0, 0.05) is 11.8 Å². The largest absolute Gasteiger partial charge is 0.306 e. The number of nitrogens with one attached hydrogen (secondary N) is 1. The fraction of sp³-hybridized carbons (Fsp3) is 0.130. The molecule has 0 radical (unpaired) electrons. The van der Waals surface area contributed by atoms with Gasteiger partial charge in [-0.15, -0.1) is 0 Å². The number of benzene rings is 3. The van der Waals surface area contributed by atoms with E-state index in [0.29, 0.717) is 35.1 Å². The van der Waals surface area contributed by atoms with Gasteiger partial charge in [0.15, 0.2) is 5.69 Å². The highest BCUT2D eigenvalue weighted by molar-refractivity contribution is 7.89. The molecule has 0 aliphatic carbocycles. The predicted octanol–water partition coefficient (Wildman–Crippen LogP) is 3.95. The van der Waals surface area contributed by atoms with Crippen LogP contribution in [0.15, 0.2) is 71.6 Å². The van der Waals surface area contributed by atoms with Crippen LogP contribution < -0.4 is 9.62 Å². The first-order chi connectivity index (χ1) is 15.3. The van der Waals surface area contributed by atoms with E-state index in [1.165, 1.54) is 4.90 Å². The lowest BCUT2D eigenvalue weighted by Gasteiger charge is -2.34. The number of nitrogens with zero attached hydrogens (tertiary/aromatic N) is 2. The van der Waals surface area contributed by atoms with Crippen molar-refractivity contribution < 1.29 is 22.0 Å². The maximum Gasteiger partial charge on any atom is 0.245 e. The lowest BCUT2D eigenvalue weighted by atomic mass is 9.96. The van der Waals surface area contributed by atoms with Gasteiger partial charge in [0.2, 0.25) is 15.9 Å². The smallest absolute Gasteiger partial charge is 0.245 e. The Balaban J connectivity index is 1.71. The predicted molar refractivity (Wildman–Crippen MR) is 115 cm³/mol. The molecule has 3 aromatic carbocycles. The molecule has 1 aliphatic rings. The zero-order chi connectivity index (χ0) is 22.9. The Kier molecular flexibility index (Phi) is 5.74. The second kappa shape index (κ2) is 8.49. The molecule has 0 unspecified atom stereocenters. The van der Waals surface area contributed by atoms with Crippen LogP contribution in [0, 0.1) is 18.2 Å². The summed E-state index contributed by atoms with van der Waals surface area (Å²) in [5.41, 5.74) is 2.38. The van der Waals surface area contributed by atoms with E-state index in [0.717, 1.165) is 5.56 Å². The van der Waals surface area contributed by atoms with Crippen molar-refractivity contribution in [2.45, 2.75) is 23.9 Å². The molecule has 3 aromatic rings. The molecule has 0 saturated carbocycles. The monoisotopic (exact) mass is 453 g/mol. The maximum absolute atomic E-state index is 13.6. The van der Waals surface area contributed by atoms with Crippen LogP contribution in [0.25, 0.3) is 4.85 Å². The highest BCUT2D eigenvalue weighted by Gasteiger charge is 2.36. The summed E-state index contributed by atoms with van der Waals surface area (Å²) in [6, 6.07) is 14.8. The average Bonchev–Trinajstić information content (AvgIpc) is 2.76. The van der Waals surface area contributed by atoms with Gasteiger partial charge in [-0.25, -0.2) is 22.0 Å². The van der Waals surface area contributed by atoms with E-state index in [1.807, 2.05) is 30.3 Å². The normalized spacial score (nSPS) is 15.8. The van der Waals surface area contributed by atoms with E-state index in [-0.39, 0.29) is 13.0 Å². The number of sulfonamides is 1. The number of hydrogen-bond donors (Lipinski definition) is 1. The highest BCUT2D eigenvalue weighted by atomic mass is 32.2. The van der Waals surface area contributed by atoms with Gasteiger partial charge in [0.05, 0.1) is 18.0 Å². The molecule has 32 heavy (non-hydrogen) atoms. The van der Waals surface area contributed by atoms with E-state index in [4.69, 9.17) is 6.57 Å². The molecule has 4 rings (SSSR count). The summed E-state index contributed by atoms with van der Waals surface area (Å²) in [5, 5.41) is 0. The van der Waals surface area contributed by atoms with Gasteiger partial charge in [0.25, 0.3) is 0 Å². The first-order valence-corrected chi connectivity index (χ1v) is 11.1. The fourth-order valence-electron chi connectivity index (χ4n) is 3.64. The third kappa shape index (κ3) is 4.37. The molecule has 1 N–H and O–H groups in total. The maximum atomic E-state index is 13.6. The van der Waals surface area contributed by atoms with Gasteiger partial charge < -0.3 is 4.90 Å². The number of hydrogen-bond acceptors (Lipinski definition) is 3. The van der Waals surface area contributed by atoms with E-state index in [9.17, 15) is 22.0 Å². The molecule has 1 amide bonds. The van der Waals surface area contributed by atoms with Crippen LogP contribution in [0.4, 0.5) is 20.2 Å². The number of anilines is 1. The molecular weight excluding hydrogens is 436 g/mol. The number of fused-ring (bicyclic) bond motifs is 1. The van der Waals surface area contributed by atoms with Gasteiger partial charge in [0.1, 0.15) is 17.7 Å². The third-order valence-corrected chi connectivity index (χ3v) is 6.55. The zero-order valence-corrected chi connectivity index (χ0v) is 17.4. The Hall–Kier alpha value is -3.61. The van der Waals surface area contributed by atoms with Crippen molar-refractivity contribution in [1.82, 2.24) is 4.72 Å². The molecule has 0 saturated heterocycles. The quantitative estimate of drug-likeness (QED) is 0.595. The molecule has 1 heterocycles. The van der Waals surface area contributed by atoms with Crippen molar-refractivity contribution >= 4 is 27.3 Å². The summed E-state index contributed by atoms with van der Waals surface area (Å²) < 4.78 is 55.0. The fourth-order valence-corrected chi connectivity index (χ4v) is 4.87. The van der Waals surface area contributed by atoms with Crippen molar-refractivity contribution in [3.05, 3.63) is 101 Å². The number of carbonyl (C=O) groups is 1. The Morgan fingerprint density at radius 2 is 1.72 bits per heavy atom. The Labute approximate surface area is 184 Å². The minimum atomic E-state index is -4.39. The minimum absolute atomic E-state index is 0.000155. The van der Waals surface area contributed by atoms with Crippen LogP contribution in [-0.2, 0) is 27.8 Å². The number of rotatable bonds is 5. The standard InChI is InChI=1S/C23H17F2N3O3S/c1-26-19-7-8-22-16(9-19)10-21(23(29)28(22)14-15-5-3-2-4-6-15)27-32(30,31)20-12-17(24)11-18(25)13-20/h2-9,11-13,21,27H,10,14H2/t21-/m0/s1. The van der Waals surface area contributed by atoms with E-state index >= 15 is 0 Å². The SMILES string of the molecule is [C-]#[N+]c1ccc2c(c1)C[C@H](NS(=O)(=O)c1cc(F)cc(F)c1)C(=O)N2Cc1ccccc1. The number of carbonyl (C=O) groups excluding carboxylic acids is 1. The molecule has 1 aliphatic heterocycles. The molecule has 0 bridgehead atoms. The summed E-state index contributed by atoms with van der Waals surface area (Å²) >= 11 is 0. The second-order valence-electron chi connectivity index (χ2n) is 7.32. The van der Waals surface area contributed by atoms with Crippen molar-refractivity contribution in [1.29, 1.82) is 0 Å². The summed E-state index contributed by atoms with van der Waals surface area (Å²) in [5.74, 6) is -2.59. The first kappa shape index (κ1) is 21.6. The summed E-state index contributed by atoms with van der Waals surface area (Å²) in [6.07, 6.45) is -0.000155. The van der Waals surface area contributed by atoms with Crippen LogP contribution in [0.3, 0.4) is 0 Å². The van der Waals surface area contributed by atoms with Gasteiger partial charge >= 0.3 is 0 Å². The van der Waals surface area contributed by atoms with Crippen molar-refractivity contribution in [2.75, 3.05) is 4.90 Å².